The van der Waals surface area contributed by atoms with Crippen LogP contribution in [0.4, 0.5) is 11.8 Å². The van der Waals surface area contributed by atoms with Crippen molar-refractivity contribution < 1.29 is 14.3 Å². The molecule has 1 fully saturated rings. The molecule has 0 unspecified atom stereocenters. The Kier molecular flexibility index (Phi) is 8.02. The standard InChI is InChI=1S/C29H33N7O3/c1-38-24-11-8-21(18-25(24)39-2)22-9-10-23-27(32-22)28(34-29(30)33-23)36-16-14-35(15-17-36)19-26(37)31-13-12-20-6-4-3-5-7-20/h3-11,18H,12-17,19H2,1-2H3,(H,31,37)(H2,30,33,34). The average molecular weight is 528 g/mol. The molecule has 0 radical (unpaired) electrons. The molecule has 5 rings (SSSR count). The molecule has 10 nitrogen and oxygen atoms in total. The van der Waals surface area contributed by atoms with E-state index in [-0.39, 0.29) is 11.9 Å². The maximum absolute atomic E-state index is 12.5. The highest BCUT2D eigenvalue weighted by Gasteiger charge is 2.23. The van der Waals surface area contributed by atoms with Gasteiger partial charge in [-0.05, 0) is 42.3 Å². The number of rotatable bonds is 9. The number of piperazine rings is 1. The highest BCUT2D eigenvalue weighted by atomic mass is 16.5. The Bertz CT molecular complexity index is 1440. The van der Waals surface area contributed by atoms with Crippen LogP contribution in [0.1, 0.15) is 5.56 Å². The molecule has 3 heterocycles. The van der Waals surface area contributed by atoms with Crippen LogP contribution >= 0.6 is 0 Å². The highest BCUT2D eigenvalue weighted by molar-refractivity contribution is 5.89. The van der Waals surface area contributed by atoms with E-state index in [1.807, 2.05) is 48.5 Å². The number of aromatic nitrogens is 3. The molecule has 0 spiro atoms. The van der Waals surface area contributed by atoms with Crippen molar-refractivity contribution in [1.29, 1.82) is 0 Å². The summed E-state index contributed by atoms with van der Waals surface area (Å²) >= 11 is 0. The molecular formula is C29H33N7O3. The van der Waals surface area contributed by atoms with E-state index >= 15 is 0 Å². The van der Waals surface area contributed by atoms with Gasteiger partial charge in [-0.15, -0.1) is 0 Å². The first kappa shape index (κ1) is 26.2. The Morgan fingerprint density at radius 1 is 0.923 bits per heavy atom. The molecule has 39 heavy (non-hydrogen) atoms. The first-order chi connectivity index (χ1) is 19.0. The number of hydrogen-bond donors (Lipinski definition) is 2. The fourth-order valence-electron chi connectivity index (χ4n) is 4.76. The van der Waals surface area contributed by atoms with E-state index in [4.69, 9.17) is 20.2 Å². The predicted molar refractivity (Wildman–Crippen MR) is 152 cm³/mol. The van der Waals surface area contributed by atoms with Crippen LogP contribution in [0.2, 0.25) is 0 Å². The summed E-state index contributed by atoms with van der Waals surface area (Å²) < 4.78 is 10.8. The summed E-state index contributed by atoms with van der Waals surface area (Å²) in [6.07, 6.45) is 0.820. The lowest BCUT2D eigenvalue weighted by Gasteiger charge is -2.35. The lowest BCUT2D eigenvalue weighted by molar-refractivity contribution is -0.122. The monoisotopic (exact) mass is 527 g/mol. The van der Waals surface area contributed by atoms with Crippen LogP contribution in [0.15, 0.2) is 60.7 Å². The van der Waals surface area contributed by atoms with Crippen LogP contribution in [-0.2, 0) is 11.2 Å². The van der Waals surface area contributed by atoms with Gasteiger partial charge in [0.2, 0.25) is 11.9 Å². The van der Waals surface area contributed by atoms with Gasteiger partial charge in [-0.3, -0.25) is 9.69 Å². The zero-order valence-electron chi connectivity index (χ0n) is 22.3. The maximum Gasteiger partial charge on any atom is 0.234 e. The first-order valence-corrected chi connectivity index (χ1v) is 13.0. The number of nitrogens with zero attached hydrogens (tertiary/aromatic N) is 5. The van der Waals surface area contributed by atoms with Gasteiger partial charge >= 0.3 is 0 Å². The Morgan fingerprint density at radius 2 is 1.69 bits per heavy atom. The SMILES string of the molecule is COc1ccc(-c2ccc3nc(N)nc(N4CCN(CC(=O)NCCc5ccccc5)CC4)c3n2)cc1OC. The molecule has 0 bridgehead atoms. The van der Waals surface area contributed by atoms with Crippen LogP contribution in [0.5, 0.6) is 11.5 Å². The van der Waals surface area contributed by atoms with Crippen LogP contribution in [0.3, 0.4) is 0 Å². The minimum Gasteiger partial charge on any atom is -0.493 e. The number of nitrogens with two attached hydrogens (primary N) is 1. The molecule has 1 aliphatic rings. The fraction of sp³-hybridized carbons (Fsp3) is 0.310. The van der Waals surface area contributed by atoms with Gasteiger partial charge in [0.15, 0.2) is 17.3 Å². The molecular weight excluding hydrogens is 494 g/mol. The van der Waals surface area contributed by atoms with Crippen LogP contribution in [0, 0.1) is 0 Å². The number of pyridine rings is 1. The molecule has 4 aromatic rings. The predicted octanol–water partition coefficient (Wildman–Crippen LogP) is 2.77. The second kappa shape index (κ2) is 12.0. The summed E-state index contributed by atoms with van der Waals surface area (Å²) in [5, 5.41) is 3.03. The number of nitrogens with one attached hydrogen (secondary N) is 1. The van der Waals surface area contributed by atoms with Crippen molar-refractivity contribution in [3.63, 3.8) is 0 Å². The lowest BCUT2D eigenvalue weighted by atomic mass is 10.1. The van der Waals surface area contributed by atoms with Crippen molar-refractivity contribution in [2.45, 2.75) is 6.42 Å². The largest absolute Gasteiger partial charge is 0.493 e. The van der Waals surface area contributed by atoms with E-state index in [0.717, 1.165) is 30.8 Å². The van der Waals surface area contributed by atoms with Crippen LogP contribution in [-0.4, -0.2) is 79.2 Å². The van der Waals surface area contributed by atoms with E-state index in [1.165, 1.54) is 5.56 Å². The van der Waals surface area contributed by atoms with E-state index < -0.39 is 0 Å². The summed E-state index contributed by atoms with van der Waals surface area (Å²) in [6.45, 7) is 3.86. The number of benzene rings is 2. The molecule has 1 amide bonds. The fourth-order valence-corrected chi connectivity index (χ4v) is 4.76. The van der Waals surface area contributed by atoms with Crippen molar-refractivity contribution in [3.8, 4) is 22.8 Å². The second-order valence-corrected chi connectivity index (χ2v) is 9.39. The van der Waals surface area contributed by atoms with Crippen molar-refractivity contribution in [1.82, 2.24) is 25.2 Å². The van der Waals surface area contributed by atoms with Crippen molar-refractivity contribution >= 4 is 28.7 Å². The van der Waals surface area contributed by atoms with E-state index in [0.29, 0.717) is 54.5 Å². The van der Waals surface area contributed by atoms with Crippen LogP contribution < -0.4 is 25.4 Å². The smallest absolute Gasteiger partial charge is 0.234 e. The van der Waals surface area contributed by atoms with E-state index in [1.54, 1.807) is 14.2 Å². The summed E-state index contributed by atoms with van der Waals surface area (Å²) in [5.41, 5.74) is 10.3. The molecule has 202 valence electrons. The lowest BCUT2D eigenvalue weighted by Crippen LogP contribution is -2.50. The van der Waals surface area contributed by atoms with Gasteiger partial charge in [-0.25, -0.2) is 9.97 Å². The summed E-state index contributed by atoms with van der Waals surface area (Å²) in [7, 11) is 3.22. The third-order valence-corrected chi connectivity index (χ3v) is 6.84. The Morgan fingerprint density at radius 3 is 2.44 bits per heavy atom. The van der Waals surface area contributed by atoms with E-state index in [2.05, 4.69) is 37.2 Å². The highest BCUT2D eigenvalue weighted by Crippen LogP contribution is 2.33. The number of hydrogen-bond acceptors (Lipinski definition) is 9. The number of carbonyl (C=O) groups excluding carboxylic acids is 1. The number of anilines is 2. The van der Waals surface area contributed by atoms with Crippen LogP contribution in [0.25, 0.3) is 22.3 Å². The number of nitrogen functional groups attached to an aromatic ring is 1. The number of carbonyl (C=O) groups is 1. The molecule has 2 aromatic heterocycles. The molecule has 3 N–H and O–H groups in total. The second-order valence-electron chi connectivity index (χ2n) is 9.39. The maximum atomic E-state index is 12.5. The van der Waals surface area contributed by atoms with Gasteiger partial charge in [0.1, 0.15) is 5.52 Å². The number of amides is 1. The van der Waals surface area contributed by atoms with E-state index in [9.17, 15) is 4.79 Å². The minimum absolute atomic E-state index is 0.0392. The van der Waals surface area contributed by atoms with Gasteiger partial charge in [-0.2, -0.15) is 4.98 Å². The Balaban J connectivity index is 1.26. The van der Waals surface area contributed by atoms with Crippen molar-refractivity contribution in [3.05, 3.63) is 66.2 Å². The molecule has 1 aliphatic heterocycles. The number of ether oxygens (including phenoxy) is 2. The van der Waals surface area contributed by atoms with Gasteiger partial charge < -0.3 is 25.4 Å². The number of fused-ring (bicyclic) bond motifs is 1. The molecule has 1 saturated heterocycles. The Labute approximate surface area is 227 Å². The van der Waals surface area contributed by atoms with Gasteiger partial charge in [0.05, 0.1) is 32.0 Å². The normalized spacial score (nSPS) is 13.8. The van der Waals surface area contributed by atoms with Crippen molar-refractivity contribution in [2.75, 3.05) is 64.1 Å². The number of methoxy groups -OCH3 is 2. The average Bonchev–Trinajstić information content (AvgIpc) is 2.97. The topological polar surface area (TPSA) is 119 Å². The Hall–Kier alpha value is -4.44. The third kappa shape index (κ3) is 6.18. The molecule has 0 aliphatic carbocycles. The zero-order chi connectivity index (χ0) is 27.2. The molecule has 0 atom stereocenters. The zero-order valence-corrected chi connectivity index (χ0v) is 22.3. The summed E-state index contributed by atoms with van der Waals surface area (Å²) in [5.74, 6) is 2.23. The molecule has 2 aromatic carbocycles. The summed E-state index contributed by atoms with van der Waals surface area (Å²) in [6, 6.07) is 19.7. The minimum atomic E-state index is 0.0392. The third-order valence-electron chi connectivity index (χ3n) is 6.84. The summed E-state index contributed by atoms with van der Waals surface area (Å²) in [4.78, 5) is 30.7. The van der Waals surface area contributed by atoms with Gasteiger partial charge in [0.25, 0.3) is 0 Å². The first-order valence-electron chi connectivity index (χ1n) is 13.0. The van der Waals surface area contributed by atoms with Gasteiger partial charge in [0, 0.05) is 38.3 Å². The molecule has 0 saturated carbocycles. The molecule has 10 heteroatoms. The quantitative estimate of drug-likeness (QED) is 0.339. The van der Waals surface area contributed by atoms with Gasteiger partial charge in [-0.1, -0.05) is 30.3 Å². The van der Waals surface area contributed by atoms with Crippen molar-refractivity contribution in [2.24, 2.45) is 0 Å².